The molecule has 1 aliphatic carbocycles. The number of ether oxygens (including phenoxy) is 1. The Kier molecular flexibility index (Phi) is 1.88. The maximum absolute atomic E-state index is 14.1. The van der Waals surface area contributed by atoms with Gasteiger partial charge in [0.05, 0.1) is 5.56 Å². The van der Waals surface area contributed by atoms with Crippen molar-refractivity contribution in [2.75, 3.05) is 0 Å². The van der Waals surface area contributed by atoms with Crippen LogP contribution < -0.4 is 4.74 Å². The molecule has 19 heavy (non-hydrogen) atoms. The molecule has 0 aromatic heterocycles. The third-order valence-corrected chi connectivity index (χ3v) is 3.98. The van der Waals surface area contributed by atoms with E-state index in [1.165, 1.54) is 6.07 Å². The highest BCUT2D eigenvalue weighted by Crippen LogP contribution is 2.58. The van der Waals surface area contributed by atoms with E-state index in [4.69, 9.17) is 4.74 Å². The van der Waals surface area contributed by atoms with Crippen molar-refractivity contribution in [2.24, 2.45) is 0 Å². The molecular weight excluding hydrogens is 243 g/mol. The molecule has 1 aliphatic heterocycles. The Balaban J connectivity index is 2.06. The van der Waals surface area contributed by atoms with Crippen molar-refractivity contribution in [3.63, 3.8) is 0 Å². The van der Waals surface area contributed by atoms with Crippen molar-refractivity contribution in [3.05, 3.63) is 47.3 Å². The van der Waals surface area contributed by atoms with E-state index >= 15 is 0 Å². The molecule has 1 fully saturated rings. The molecule has 1 heterocycles. The largest absolute Gasteiger partial charge is 0.508 e. The van der Waals surface area contributed by atoms with E-state index in [0.29, 0.717) is 11.3 Å². The second kappa shape index (κ2) is 3.29. The van der Waals surface area contributed by atoms with Gasteiger partial charge >= 0.3 is 0 Å². The number of hydrogen-bond donors (Lipinski definition) is 1. The van der Waals surface area contributed by atoms with Crippen molar-refractivity contribution >= 4 is 0 Å². The minimum absolute atomic E-state index is 0.0948. The average molecular weight is 256 g/mol. The van der Waals surface area contributed by atoms with Crippen LogP contribution in [0.2, 0.25) is 0 Å². The number of rotatable bonds is 0. The van der Waals surface area contributed by atoms with Gasteiger partial charge in [-0.1, -0.05) is 23.8 Å². The molecule has 0 unspecified atom stereocenters. The Morgan fingerprint density at radius 1 is 1.21 bits per heavy atom. The Labute approximate surface area is 110 Å². The van der Waals surface area contributed by atoms with Crippen LogP contribution in [0.4, 0.5) is 4.39 Å². The van der Waals surface area contributed by atoms with Gasteiger partial charge in [-0.15, -0.1) is 0 Å². The fourth-order valence-electron chi connectivity index (χ4n) is 2.91. The Bertz CT molecular complexity index is 702. The van der Waals surface area contributed by atoms with E-state index < -0.39 is 5.82 Å². The van der Waals surface area contributed by atoms with Crippen molar-refractivity contribution in [1.29, 1.82) is 0 Å². The molecule has 3 heteroatoms. The minimum atomic E-state index is -0.435. The molecule has 1 spiro atoms. The lowest BCUT2D eigenvalue weighted by Crippen LogP contribution is -2.21. The number of phenolic OH excluding ortho intramolecular Hbond substituents is 1. The lowest BCUT2D eigenvalue weighted by atomic mass is 9.89. The van der Waals surface area contributed by atoms with Gasteiger partial charge in [-0.05, 0) is 25.3 Å². The molecule has 2 aromatic carbocycles. The van der Waals surface area contributed by atoms with E-state index in [-0.39, 0.29) is 11.4 Å². The molecule has 2 nitrogen and oxygen atoms in total. The number of phenols is 1. The van der Waals surface area contributed by atoms with E-state index in [0.717, 1.165) is 35.6 Å². The first-order valence-corrected chi connectivity index (χ1v) is 6.42. The predicted octanol–water partition coefficient (Wildman–Crippen LogP) is 3.89. The SMILES string of the molecule is Cc1ccc2c(c1)C1(CC1)Oc1cc(O)cc(F)c1-2. The van der Waals surface area contributed by atoms with E-state index in [1.54, 1.807) is 0 Å². The second-order valence-electron chi connectivity index (χ2n) is 5.45. The van der Waals surface area contributed by atoms with Crippen LogP contribution in [0, 0.1) is 12.7 Å². The Hall–Kier alpha value is -2.03. The lowest BCUT2D eigenvalue weighted by molar-refractivity contribution is 0.176. The van der Waals surface area contributed by atoms with Gasteiger partial charge in [0.2, 0.25) is 0 Å². The summed E-state index contributed by atoms with van der Waals surface area (Å²) in [7, 11) is 0. The summed E-state index contributed by atoms with van der Waals surface area (Å²) in [5.41, 5.74) is 3.28. The van der Waals surface area contributed by atoms with Crippen LogP contribution in [-0.4, -0.2) is 5.11 Å². The van der Waals surface area contributed by atoms with E-state index in [2.05, 4.69) is 6.07 Å². The van der Waals surface area contributed by atoms with Crippen molar-refractivity contribution in [2.45, 2.75) is 25.4 Å². The molecule has 0 radical (unpaired) electrons. The van der Waals surface area contributed by atoms with Crippen LogP contribution in [0.1, 0.15) is 24.0 Å². The van der Waals surface area contributed by atoms with Crippen LogP contribution in [0.25, 0.3) is 11.1 Å². The van der Waals surface area contributed by atoms with Gasteiger partial charge in [-0.3, -0.25) is 0 Å². The molecule has 1 saturated carbocycles. The summed E-state index contributed by atoms with van der Waals surface area (Å²) >= 11 is 0. The number of aryl methyl sites for hydroxylation is 1. The van der Waals surface area contributed by atoms with Crippen LogP contribution in [0.3, 0.4) is 0 Å². The number of benzene rings is 2. The molecule has 4 rings (SSSR count). The summed E-state index contributed by atoms with van der Waals surface area (Å²) in [6, 6.07) is 8.65. The second-order valence-corrected chi connectivity index (χ2v) is 5.45. The normalized spacial score (nSPS) is 17.6. The van der Waals surface area contributed by atoms with Crippen LogP contribution in [-0.2, 0) is 5.60 Å². The molecular formula is C16H13FO2. The zero-order valence-corrected chi connectivity index (χ0v) is 10.5. The molecule has 96 valence electrons. The summed E-state index contributed by atoms with van der Waals surface area (Å²) < 4.78 is 20.1. The Morgan fingerprint density at radius 2 is 2.00 bits per heavy atom. The number of hydrogen-bond acceptors (Lipinski definition) is 2. The summed E-state index contributed by atoms with van der Waals surface area (Å²) in [5, 5.41) is 9.53. The average Bonchev–Trinajstić information content (AvgIpc) is 3.09. The first kappa shape index (κ1) is 10.9. The van der Waals surface area contributed by atoms with Gasteiger partial charge < -0.3 is 9.84 Å². The number of fused-ring (bicyclic) bond motifs is 4. The quantitative estimate of drug-likeness (QED) is 0.775. The van der Waals surface area contributed by atoms with Crippen molar-refractivity contribution < 1.29 is 14.2 Å². The number of aromatic hydroxyl groups is 1. The first-order chi connectivity index (χ1) is 9.09. The fourth-order valence-corrected chi connectivity index (χ4v) is 2.91. The lowest BCUT2D eigenvalue weighted by Gasteiger charge is -2.29. The highest BCUT2D eigenvalue weighted by Gasteiger charge is 2.51. The monoisotopic (exact) mass is 256 g/mol. The molecule has 0 saturated heterocycles. The summed E-state index contributed by atoms with van der Waals surface area (Å²) in [4.78, 5) is 0. The van der Waals surface area contributed by atoms with Crippen molar-refractivity contribution in [3.8, 4) is 22.6 Å². The third kappa shape index (κ3) is 1.41. The van der Waals surface area contributed by atoms with Crippen LogP contribution in [0.15, 0.2) is 30.3 Å². The highest BCUT2D eigenvalue weighted by molar-refractivity contribution is 5.79. The zero-order valence-electron chi connectivity index (χ0n) is 10.5. The highest BCUT2D eigenvalue weighted by atomic mass is 19.1. The van der Waals surface area contributed by atoms with E-state index in [9.17, 15) is 9.50 Å². The maximum Gasteiger partial charge on any atom is 0.138 e. The summed E-state index contributed by atoms with van der Waals surface area (Å²) in [5.74, 6) is -0.0791. The number of halogens is 1. The van der Waals surface area contributed by atoms with Gasteiger partial charge in [0.1, 0.15) is 22.9 Å². The van der Waals surface area contributed by atoms with E-state index in [1.807, 2.05) is 19.1 Å². The van der Waals surface area contributed by atoms with Crippen LogP contribution >= 0.6 is 0 Å². The molecule has 0 atom stereocenters. The summed E-state index contributed by atoms with van der Waals surface area (Å²) in [6.07, 6.45) is 1.89. The van der Waals surface area contributed by atoms with Gasteiger partial charge in [0.15, 0.2) is 0 Å². The smallest absolute Gasteiger partial charge is 0.138 e. The molecule has 0 bridgehead atoms. The molecule has 0 amide bonds. The van der Waals surface area contributed by atoms with Crippen LogP contribution in [0.5, 0.6) is 11.5 Å². The zero-order chi connectivity index (χ0) is 13.2. The van der Waals surface area contributed by atoms with Crippen molar-refractivity contribution in [1.82, 2.24) is 0 Å². The topological polar surface area (TPSA) is 29.5 Å². The fraction of sp³-hybridized carbons (Fsp3) is 0.250. The first-order valence-electron chi connectivity index (χ1n) is 6.42. The maximum atomic E-state index is 14.1. The van der Waals surface area contributed by atoms with Gasteiger partial charge in [-0.2, -0.15) is 0 Å². The van der Waals surface area contributed by atoms with Gasteiger partial charge in [0.25, 0.3) is 0 Å². The van der Waals surface area contributed by atoms with Gasteiger partial charge in [-0.25, -0.2) is 4.39 Å². The predicted molar refractivity (Wildman–Crippen MR) is 69.8 cm³/mol. The third-order valence-electron chi connectivity index (χ3n) is 3.98. The molecule has 1 N–H and O–H groups in total. The Morgan fingerprint density at radius 3 is 2.74 bits per heavy atom. The standard InChI is InChI=1S/C16H13FO2/c1-9-2-3-11-12(6-9)16(4-5-16)19-14-8-10(18)7-13(17)15(11)14/h2-3,6-8,18H,4-5H2,1H3. The molecule has 2 aromatic rings. The van der Waals surface area contributed by atoms with Gasteiger partial charge in [0, 0.05) is 17.7 Å². The molecule has 2 aliphatic rings. The minimum Gasteiger partial charge on any atom is -0.508 e. The summed E-state index contributed by atoms with van der Waals surface area (Å²) in [6.45, 7) is 2.03.